The Morgan fingerprint density at radius 2 is 1.75 bits per heavy atom. The minimum atomic E-state index is 0.225. The molecule has 1 N–H and O–H groups in total. The van der Waals surface area contributed by atoms with Gasteiger partial charge in [0.25, 0.3) is 0 Å². The molecule has 0 bridgehead atoms. The molecule has 2 rings (SSSR count). The molecule has 1 aliphatic carbocycles. The third-order valence-corrected chi connectivity index (χ3v) is 5.28. The number of nitrogens with one attached hydrogen (secondary N) is 1. The van der Waals surface area contributed by atoms with E-state index in [0.29, 0.717) is 5.41 Å². The fraction of sp³-hybridized carbons (Fsp3) is 0.667. The van der Waals surface area contributed by atoms with Crippen LogP contribution in [0.1, 0.15) is 47.0 Å². The van der Waals surface area contributed by atoms with Gasteiger partial charge in [0.15, 0.2) is 0 Å². The SMILES string of the molecule is CC(C)(C)NCC(C)(CCSc1ccccc1)C1CC1. The maximum atomic E-state index is 3.72. The van der Waals surface area contributed by atoms with Crippen LogP contribution in [-0.4, -0.2) is 17.8 Å². The van der Waals surface area contributed by atoms with Crippen LogP contribution < -0.4 is 5.32 Å². The summed E-state index contributed by atoms with van der Waals surface area (Å²) in [5.74, 6) is 2.16. The molecule has 20 heavy (non-hydrogen) atoms. The Balaban J connectivity index is 1.83. The first-order chi connectivity index (χ1) is 9.39. The summed E-state index contributed by atoms with van der Waals surface area (Å²) < 4.78 is 0. The van der Waals surface area contributed by atoms with Crippen LogP contribution in [-0.2, 0) is 0 Å². The lowest BCUT2D eigenvalue weighted by Gasteiger charge is -2.34. The molecule has 112 valence electrons. The number of hydrogen-bond donors (Lipinski definition) is 1. The first-order valence-electron chi connectivity index (χ1n) is 7.82. The lowest BCUT2D eigenvalue weighted by molar-refractivity contribution is 0.223. The van der Waals surface area contributed by atoms with E-state index >= 15 is 0 Å². The van der Waals surface area contributed by atoms with Crippen molar-refractivity contribution < 1.29 is 0 Å². The van der Waals surface area contributed by atoms with Crippen LogP contribution in [0.5, 0.6) is 0 Å². The number of rotatable bonds is 7. The molecule has 0 amide bonds. The van der Waals surface area contributed by atoms with Gasteiger partial charge in [-0.25, -0.2) is 0 Å². The zero-order valence-corrected chi connectivity index (χ0v) is 14.2. The van der Waals surface area contributed by atoms with E-state index in [4.69, 9.17) is 0 Å². The molecule has 1 atom stereocenters. The van der Waals surface area contributed by atoms with Crippen molar-refractivity contribution in [3.63, 3.8) is 0 Å². The van der Waals surface area contributed by atoms with E-state index in [1.807, 2.05) is 11.8 Å². The minimum absolute atomic E-state index is 0.225. The van der Waals surface area contributed by atoms with Crippen LogP contribution in [0.3, 0.4) is 0 Å². The molecule has 1 aromatic rings. The normalized spacial score (nSPS) is 18.8. The molecule has 1 aliphatic rings. The lowest BCUT2D eigenvalue weighted by Crippen LogP contribution is -2.44. The van der Waals surface area contributed by atoms with Crippen molar-refractivity contribution >= 4 is 11.8 Å². The zero-order valence-electron chi connectivity index (χ0n) is 13.4. The summed E-state index contributed by atoms with van der Waals surface area (Å²) in [5, 5.41) is 3.72. The van der Waals surface area contributed by atoms with E-state index in [1.54, 1.807) is 0 Å². The van der Waals surface area contributed by atoms with Crippen molar-refractivity contribution in [1.29, 1.82) is 0 Å². The molecule has 0 spiro atoms. The summed E-state index contributed by atoms with van der Waals surface area (Å²) in [7, 11) is 0. The Morgan fingerprint density at radius 1 is 1.10 bits per heavy atom. The summed E-state index contributed by atoms with van der Waals surface area (Å²) in [5.41, 5.74) is 0.692. The molecule has 0 heterocycles. The predicted molar refractivity (Wildman–Crippen MR) is 90.4 cm³/mol. The molecule has 1 saturated carbocycles. The molecule has 0 aliphatic heterocycles. The Bertz CT molecular complexity index is 405. The number of thioether (sulfide) groups is 1. The van der Waals surface area contributed by atoms with Gasteiger partial charge in [0.1, 0.15) is 0 Å². The van der Waals surface area contributed by atoms with Crippen molar-refractivity contribution in [3.8, 4) is 0 Å². The van der Waals surface area contributed by atoms with Crippen molar-refractivity contribution in [3.05, 3.63) is 30.3 Å². The largest absolute Gasteiger partial charge is 0.312 e. The van der Waals surface area contributed by atoms with Gasteiger partial charge < -0.3 is 5.32 Å². The highest BCUT2D eigenvalue weighted by Crippen LogP contribution is 2.48. The van der Waals surface area contributed by atoms with Crippen molar-refractivity contribution in [1.82, 2.24) is 5.32 Å². The van der Waals surface area contributed by atoms with Gasteiger partial charge in [0, 0.05) is 17.0 Å². The van der Waals surface area contributed by atoms with Gasteiger partial charge in [-0.1, -0.05) is 25.1 Å². The first kappa shape index (κ1) is 15.9. The Labute approximate surface area is 128 Å². The monoisotopic (exact) mass is 291 g/mol. The molecular formula is C18H29NS. The molecule has 1 fully saturated rings. The van der Waals surface area contributed by atoms with Gasteiger partial charge >= 0.3 is 0 Å². The maximum Gasteiger partial charge on any atom is 0.00967 e. The highest BCUT2D eigenvalue weighted by molar-refractivity contribution is 7.99. The molecule has 1 unspecified atom stereocenters. The molecule has 0 aromatic heterocycles. The summed E-state index contributed by atoms with van der Waals surface area (Å²) in [6.45, 7) is 10.4. The highest BCUT2D eigenvalue weighted by atomic mass is 32.2. The minimum Gasteiger partial charge on any atom is -0.312 e. The van der Waals surface area contributed by atoms with Gasteiger partial charge in [0.2, 0.25) is 0 Å². The summed E-state index contributed by atoms with van der Waals surface area (Å²) in [6.07, 6.45) is 4.16. The maximum absolute atomic E-state index is 3.72. The van der Waals surface area contributed by atoms with Crippen molar-refractivity contribution in [2.45, 2.75) is 57.4 Å². The lowest BCUT2D eigenvalue weighted by atomic mass is 9.81. The van der Waals surface area contributed by atoms with Crippen LogP contribution in [0.15, 0.2) is 35.2 Å². The summed E-state index contributed by atoms with van der Waals surface area (Å²) in [6, 6.07) is 10.8. The quantitative estimate of drug-likeness (QED) is 0.712. The van der Waals surface area contributed by atoms with Crippen LogP contribution in [0, 0.1) is 11.3 Å². The zero-order chi connectivity index (χ0) is 14.6. The van der Waals surface area contributed by atoms with Crippen LogP contribution in [0.2, 0.25) is 0 Å². The average Bonchev–Trinajstić information content (AvgIpc) is 3.22. The van der Waals surface area contributed by atoms with E-state index in [0.717, 1.165) is 12.5 Å². The van der Waals surface area contributed by atoms with Gasteiger partial charge in [0.05, 0.1) is 0 Å². The van der Waals surface area contributed by atoms with E-state index in [1.165, 1.54) is 29.9 Å². The standard InChI is InChI=1S/C18H29NS/c1-17(2,3)19-14-18(4,15-10-11-15)12-13-20-16-8-6-5-7-9-16/h5-9,15,19H,10-14H2,1-4H3. The number of benzene rings is 1. The van der Waals surface area contributed by atoms with Crippen molar-refractivity contribution in [2.75, 3.05) is 12.3 Å². The highest BCUT2D eigenvalue weighted by Gasteiger charge is 2.41. The van der Waals surface area contributed by atoms with Crippen LogP contribution >= 0.6 is 11.8 Å². The van der Waals surface area contributed by atoms with Gasteiger partial charge in [-0.3, -0.25) is 0 Å². The number of hydrogen-bond acceptors (Lipinski definition) is 2. The van der Waals surface area contributed by atoms with E-state index in [-0.39, 0.29) is 5.54 Å². The third-order valence-electron chi connectivity index (χ3n) is 4.27. The second kappa shape index (κ2) is 6.53. The molecule has 1 nitrogen and oxygen atoms in total. The third kappa shape index (κ3) is 5.14. The fourth-order valence-electron chi connectivity index (χ4n) is 2.60. The fourth-order valence-corrected chi connectivity index (χ4v) is 3.76. The molecular weight excluding hydrogens is 262 g/mol. The van der Waals surface area contributed by atoms with Gasteiger partial charge in [-0.15, -0.1) is 11.8 Å². The molecule has 0 saturated heterocycles. The van der Waals surface area contributed by atoms with Gasteiger partial charge in [-0.2, -0.15) is 0 Å². The Morgan fingerprint density at radius 3 is 2.30 bits per heavy atom. The van der Waals surface area contributed by atoms with E-state index < -0.39 is 0 Å². The molecule has 0 radical (unpaired) electrons. The van der Waals surface area contributed by atoms with Crippen LogP contribution in [0.25, 0.3) is 0 Å². The topological polar surface area (TPSA) is 12.0 Å². The molecule has 1 aromatic carbocycles. The van der Waals surface area contributed by atoms with E-state index in [2.05, 4.69) is 63.3 Å². The summed E-state index contributed by atoms with van der Waals surface area (Å²) >= 11 is 2.00. The van der Waals surface area contributed by atoms with E-state index in [9.17, 15) is 0 Å². The second-order valence-corrected chi connectivity index (χ2v) is 8.61. The average molecular weight is 292 g/mol. The molecule has 2 heteroatoms. The van der Waals surface area contributed by atoms with Gasteiger partial charge in [-0.05, 0) is 69.3 Å². The van der Waals surface area contributed by atoms with Crippen LogP contribution in [0.4, 0.5) is 0 Å². The predicted octanol–water partition coefficient (Wildman–Crippen LogP) is 4.97. The Kier molecular flexibility index (Phi) is 5.19. The summed E-state index contributed by atoms with van der Waals surface area (Å²) in [4.78, 5) is 1.40. The Hall–Kier alpha value is -0.470. The van der Waals surface area contributed by atoms with Crippen molar-refractivity contribution in [2.24, 2.45) is 11.3 Å². The first-order valence-corrected chi connectivity index (χ1v) is 8.80. The smallest absolute Gasteiger partial charge is 0.00967 e. The second-order valence-electron chi connectivity index (χ2n) is 7.44.